The van der Waals surface area contributed by atoms with E-state index in [1.54, 1.807) is 0 Å². The normalized spacial score (nSPS) is 10.7. The fraction of sp³-hybridized carbons (Fsp3) is 0.833. The lowest BCUT2D eigenvalue weighted by Crippen LogP contribution is -2.53. The number of aldehydes is 1. The Kier molecular flexibility index (Phi) is 14.1. The second-order valence-electron chi connectivity index (χ2n) is 6.64. The highest BCUT2D eigenvalue weighted by Gasteiger charge is 2.69. The molecule has 0 aromatic heterocycles. The Morgan fingerprint density at radius 1 is 0.643 bits per heavy atom. The van der Waals surface area contributed by atoms with E-state index < -0.39 is 27.0 Å². The monoisotopic (exact) mass is 399 g/mol. The highest BCUT2D eigenvalue weighted by molar-refractivity contribution is 5.48. The number of hydrogen-bond acceptors (Lipinski definition) is 7. The number of rotatable bonds is 17. The van der Waals surface area contributed by atoms with Crippen LogP contribution < -0.4 is 0 Å². The predicted molar refractivity (Wildman–Crippen MR) is 102 cm³/mol. The molecule has 0 unspecified atom stereocenters. The molecule has 0 bridgehead atoms. The summed E-state index contributed by atoms with van der Waals surface area (Å²) in [5, 5.41) is 32.4. The van der Waals surface area contributed by atoms with Crippen molar-refractivity contribution in [2.75, 3.05) is 0 Å². The van der Waals surface area contributed by atoms with E-state index in [4.69, 9.17) is 0 Å². The van der Waals surface area contributed by atoms with E-state index in [9.17, 15) is 35.1 Å². The minimum Gasteiger partial charge on any atom is -0.303 e. The first-order valence-corrected chi connectivity index (χ1v) is 9.72. The third kappa shape index (κ3) is 9.94. The lowest BCUT2D eigenvalue weighted by atomic mass is 10.0. The van der Waals surface area contributed by atoms with Crippen LogP contribution >= 0.6 is 0 Å². The molecule has 0 rings (SSSR count). The second-order valence-corrected chi connectivity index (χ2v) is 6.64. The zero-order valence-corrected chi connectivity index (χ0v) is 16.2. The van der Waals surface area contributed by atoms with Crippen LogP contribution in [-0.4, -0.2) is 26.8 Å². The van der Waals surface area contributed by atoms with Gasteiger partial charge >= 0.3 is 5.79 Å². The molecule has 0 aliphatic heterocycles. The van der Waals surface area contributed by atoms with Gasteiger partial charge in [0.25, 0.3) is 0 Å². The number of hydrogen-bond donors (Lipinski definition) is 0. The molecule has 0 aromatic rings. The van der Waals surface area contributed by atoms with E-state index in [0.717, 1.165) is 70.5 Å². The molecular formula is C18H29N3O7. The lowest BCUT2D eigenvalue weighted by Gasteiger charge is -2.08. The Balaban J connectivity index is 3.71. The quantitative estimate of drug-likeness (QED) is 0.0891. The van der Waals surface area contributed by atoms with Crippen LogP contribution in [0.5, 0.6) is 0 Å². The summed E-state index contributed by atoms with van der Waals surface area (Å²) in [7, 11) is 0. The van der Waals surface area contributed by atoms with Gasteiger partial charge in [0.1, 0.15) is 6.29 Å². The van der Waals surface area contributed by atoms with Crippen molar-refractivity contribution >= 4 is 6.29 Å². The third-order valence-corrected chi connectivity index (χ3v) is 4.44. The maximum atomic E-state index is 10.8. The van der Waals surface area contributed by atoms with Crippen molar-refractivity contribution < 1.29 is 19.6 Å². The van der Waals surface area contributed by atoms with Crippen molar-refractivity contribution in [2.45, 2.75) is 95.7 Å². The van der Waals surface area contributed by atoms with Gasteiger partial charge in [-0.15, -0.1) is 11.8 Å². The maximum Gasteiger partial charge on any atom is 0.699 e. The number of nitro groups is 3. The molecule has 0 amide bonds. The molecule has 0 radical (unpaired) electrons. The summed E-state index contributed by atoms with van der Waals surface area (Å²) < 4.78 is 0. The van der Waals surface area contributed by atoms with Crippen LogP contribution in [0.25, 0.3) is 0 Å². The van der Waals surface area contributed by atoms with Crippen LogP contribution in [0, 0.1) is 42.2 Å². The summed E-state index contributed by atoms with van der Waals surface area (Å²) in [4.78, 5) is 38.3. The van der Waals surface area contributed by atoms with E-state index in [-0.39, 0.29) is 6.42 Å². The number of carbonyl (C=O) groups excluding carboxylic acids is 1. The predicted octanol–water partition coefficient (Wildman–Crippen LogP) is 4.13. The Bertz CT molecular complexity index is 533. The molecule has 0 aromatic carbocycles. The van der Waals surface area contributed by atoms with Gasteiger partial charge in [0.15, 0.2) is 21.2 Å². The molecule has 0 N–H and O–H groups in total. The van der Waals surface area contributed by atoms with E-state index in [1.165, 1.54) is 0 Å². The zero-order chi connectivity index (χ0) is 21.3. The Morgan fingerprint density at radius 3 is 1.46 bits per heavy atom. The molecule has 0 aliphatic carbocycles. The highest BCUT2D eigenvalue weighted by atomic mass is 16.7. The van der Waals surface area contributed by atoms with Gasteiger partial charge in [-0.05, 0) is 25.7 Å². The molecule has 0 saturated carbocycles. The fourth-order valence-electron chi connectivity index (χ4n) is 2.73. The average molecular weight is 399 g/mol. The Labute approximate surface area is 164 Å². The van der Waals surface area contributed by atoms with Crippen LogP contribution in [0.3, 0.4) is 0 Å². The second kappa shape index (κ2) is 15.5. The van der Waals surface area contributed by atoms with Gasteiger partial charge in [-0.2, -0.15) is 0 Å². The van der Waals surface area contributed by atoms with E-state index in [0.29, 0.717) is 12.8 Å². The zero-order valence-electron chi connectivity index (χ0n) is 16.2. The Morgan fingerprint density at radius 2 is 1.04 bits per heavy atom. The van der Waals surface area contributed by atoms with Gasteiger partial charge in [0.2, 0.25) is 0 Å². The van der Waals surface area contributed by atoms with Crippen molar-refractivity contribution in [3.05, 3.63) is 30.3 Å². The summed E-state index contributed by atoms with van der Waals surface area (Å²) in [6, 6.07) is 0. The summed E-state index contributed by atoms with van der Waals surface area (Å²) in [5.41, 5.74) is 0. The molecule has 0 saturated heterocycles. The van der Waals surface area contributed by atoms with E-state index in [1.807, 2.05) is 0 Å². The first-order chi connectivity index (χ1) is 13.4. The van der Waals surface area contributed by atoms with Crippen molar-refractivity contribution in [1.82, 2.24) is 0 Å². The van der Waals surface area contributed by atoms with E-state index in [2.05, 4.69) is 11.8 Å². The van der Waals surface area contributed by atoms with Crippen molar-refractivity contribution in [3.63, 3.8) is 0 Å². The van der Waals surface area contributed by atoms with Crippen molar-refractivity contribution in [2.24, 2.45) is 0 Å². The average Bonchev–Trinajstić information content (AvgIpc) is 2.63. The van der Waals surface area contributed by atoms with Gasteiger partial charge in [0, 0.05) is 19.3 Å². The molecule has 0 atom stereocenters. The first-order valence-electron chi connectivity index (χ1n) is 9.72. The van der Waals surface area contributed by atoms with Gasteiger partial charge in [0.05, 0.1) is 0 Å². The molecule has 0 aliphatic rings. The van der Waals surface area contributed by atoms with Gasteiger partial charge in [-0.1, -0.05) is 38.5 Å². The van der Waals surface area contributed by atoms with Gasteiger partial charge in [-0.3, -0.25) is 30.3 Å². The number of carbonyl (C=O) groups is 1. The standard InChI is InChI=1S/C18H29N3O7/c22-17-15-13-11-9-7-5-3-1-2-4-6-8-10-12-14-16-18(19(23)24,20(25)26)21(27)28/h17H,1-4,6,8-16H2. The van der Waals surface area contributed by atoms with Crippen LogP contribution in [0.15, 0.2) is 0 Å². The van der Waals surface area contributed by atoms with Crippen LogP contribution in [0.2, 0.25) is 0 Å². The fourth-order valence-corrected chi connectivity index (χ4v) is 2.73. The summed E-state index contributed by atoms with van der Waals surface area (Å²) >= 11 is 0. The molecule has 28 heavy (non-hydrogen) atoms. The molecule has 0 heterocycles. The Hall–Kier alpha value is -2.57. The molecule has 0 fully saturated rings. The van der Waals surface area contributed by atoms with Crippen molar-refractivity contribution in [1.29, 1.82) is 0 Å². The van der Waals surface area contributed by atoms with Crippen LogP contribution in [0.4, 0.5) is 0 Å². The maximum absolute atomic E-state index is 10.8. The van der Waals surface area contributed by atoms with Gasteiger partial charge < -0.3 is 4.79 Å². The molecule has 158 valence electrons. The van der Waals surface area contributed by atoms with Crippen LogP contribution in [-0.2, 0) is 4.79 Å². The van der Waals surface area contributed by atoms with Crippen molar-refractivity contribution in [3.8, 4) is 11.8 Å². The lowest BCUT2D eigenvalue weighted by molar-refractivity contribution is -0.970. The largest absolute Gasteiger partial charge is 0.699 e. The summed E-state index contributed by atoms with van der Waals surface area (Å²) in [6.07, 6.45) is 10.7. The minimum atomic E-state index is -3.32. The smallest absolute Gasteiger partial charge is 0.303 e. The molecular weight excluding hydrogens is 370 g/mol. The highest BCUT2D eigenvalue weighted by Crippen LogP contribution is 2.21. The summed E-state index contributed by atoms with van der Waals surface area (Å²) in [6.45, 7) is 0. The third-order valence-electron chi connectivity index (χ3n) is 4.44. The first kappa shape index (κ1) is 25.4. The van der Waals surface area contributed by atoms with Crippen LogP contribution in [0.1, 0.15) is 89.9 Å². The molecule has 10 nitrogen and oxygen atoms in total. The number of nitrogens with zero attached hydrogens (tertiary/aromatic N) is 3. The number of unbranched alkanes of at least 4 members (excludes halogenated alkanes) is 11. The molecule has 10 heteroatoms. The SMILES string of the molecule is O=CCCCCC#CCCCCCCCCCCC([N+](=O)[O-])([N+](=O)[O-])[N+](=O)[O-]. The van der Waals surface area contributed by atoms with E-state index >= 15 is 0 Å². The van der Waals surface area contributed by atoms with Gasteiger partial charge in [-0.25, -0.2) is 0 Å². The summed E-state index contributed by atoms with van der Waals surface area (Å²) in [5.74, 6) is 2.89. The minimum absolute atomic E-state index is 0.0748. The topological polar surface area (TPSA) is 146 Å². The molecule has 0 spiro atoms.